The Kier molecular flexibility index (Phi) is 7.26. The van der Waals surface area contributed by atoms with Crippen molar-refractivity contribution < 1.29 is 9.47 Å². The third-order valence-corrected chi connectivity index (χ3v) is 6.64. The first-order valence-corrected chi connectivity index (χ1v) is 11.8. The maximum absolute atomic E-state index is 6.26. The fourth-order valence-corrected chi connectivity index (χ4v) is 5.08. The van der Waals surface area contributed by atoms with E-state index < -0.39 is 0 Å². The molecule has 168 valence electrons. The molecule has 30 heavy (non-hydrogen) atoms. The molecule has 0 amide bonds. The highest BCUT2D eigenvalue weighted by Crippen LogP contribution is 2.35. The van der Waals surface area contributed by atoms with Crippen LogP contribution in [-0.4, -0.2) is 71.5 Å². The molecule has 3 aliphatic rings. The lowest BCUT2D eigenvalue weighted by Crippen LogP contribution is -2.46. The van der Waals surface area contributed by atoms with Gasteiger partial charge in [-0.2, -0.15) is 0 Å². The smallest absolute Gasteiger partial charge is 0.126 e. The molecule has 3 rings (SSSR count). The van der Waals surface area contributed by atoms with E-state index in [9.17, 15) is 0 Å². The van der Waals surface area contributed by atoms with E-state index in [0.717, 1.165) is 65.0 Å². The van der Waals surface area contributed by atoms with Crippen LogP contribution in [0.1, 0.15) is 80.1 Å². The zero-order valence-corrected chi connectivity index (χ0v) is 20.2. The highest BCUT2D eigenvalue weighted by atomic mass is 16.5. The van der Waals surface area contributed by atoms with Crippen LogP contribution in [0, 0.1) is 23.7 Å². The average Bonchev–Trinajstić information content (AvgIpc) is 2.60. The lowest BCUT2D eigenvalue weighted by molar-refractivity contribution is -0.135. The van der Waals surface area contributed by atoms with Crippen molar-refractivity contribution in [3.63, 3.8) is 0 Å². The van der Waals surface area contributed by atoms with Gasteiger partial charge in [-0.05, 0) is 80.1 Å². The van der Waals surface area contributed by atoms with Crippen LogP contribution in [0.5, 0.6) is 0 Å². The molecule has 3 aliphatic heterocycles. The van der Waals surface area contributed by atoms with Gasteiger partial charge in [0.1, 0.15) is 11.2 Å². The van der Waals surface area contributed by atoms with Crippen molar-refractivity contribution in [2.75, 3.05) is 39.3 Å². The molecule has 0 radical (unpaired) electrons. The predicted molar refractivity (Wildman–Crippen MR) is 123 cm³/mol. The van der Waals surface area contributed by atoms with Crippen molar-refractivity contribution >= 4 is 0 Å². The number of hydrogen-bond acceptors (Lipinski definition) is 4. The Morgan fingerprint density at radius 2 is 0.967 bits per heavy atom. The van der Waals surface area contributed by atoms with E-state index >= 15 is 0 Å². The van der Waals surface area contributed by atoms with Gasteiger partial charge in [-0.25, -0.2) is 0 Å². The molecule has 4 nitrogen and oxygen atoms in total. The van der Waals surface area contributed by atoms with Gasteiger partial charge in [0.05, 0.1) is 24.3 Å². The minimum absolute atomic E-state index is 0.0518. The van der Waals surface area contributed by atoms with E-state index in [1.807, 2.05) is 0 Å². The molecule has 2 atom stereocenters. The average molecular weight is 415 g/mol. The fraction of sp³-hybridized carbons (Fsp3) is 0.846. The molecule has 3 heterocycles. The van der Waals surface area contributed by atoms with Crippen LogP contribution in [0.15, 0.2) is 0 Å². The first-order chi connectivity index (χ1) is 14.0. The molecule has 0 spiro atoms. The topological polar surface area (TPSA) is 24.9 Å². The van der Waals surface area contributed by atoms with Gasteiger partial charge in [0.25, 0.3) is 0 Å². The van der Waals surface area contributed by atoms with Crippen LogP contribution in [0.3, 0.4) is 0 Å². The van der Waals surface area contributed by atoms with E-state index in [2.05, 4.69) is 75.0 Å². The summed E-state index contributed by atoms with van der Waals surface area (Å²) in [4.78, 5) is 4.89. The Balaban J connectivity index is 1.41. The second kappa shape index (κ2) is 9.22. The molecule has 3 fully saturated rings. The Morgan fingerprint density at radius 1 is 0.600 bits per heavy atom. The molecule has 0 saturated carbocycles. The van der Waals surface area contributed by atoms with Gasteiger partial charge in [0, 0.05) is 26.2 Å². The fourth-order valence-electron chi connectivity index (χ4n) is 5.08. The van der Waals surface area contributed by atoms with E-state index in [1.165, 1.54) is 12.8 Å². The van der Waals surface area contributed by atoms with Crippen LogP contribution in [0.4, 0.5) is 0 Å². The molecule has 3 saturated heterocycles. The van der Waals surface area contributed by atoms with E-state index in [-0.39, 0.29) is 22.4 Å². The highest BCUT2D eigenvalue weighted by molar-refractivity contribution is 5.17. The number of ether oxygens (including phenoxy) is 2. The van der Waals surface area contributed by atoms with Gasteiger partial charge in [-0.1, -0.05) is 23.7 Å². The minimum Gasteiger partial charge on any atom is -0.357 e. The lowest BCUT2D eigenvalue weighted by atomic mass is 9.88. The van der Waals surface area contributed by atoms with Crippen LogP contribution in [-0.2, 0) is 9.47 Å². The van der Waals surface area contributed by atoms with E-state index in [1.54, 1.807) is 0 Å². The first-order valence-electron chi connectivity index (χ1n) is 11.8. The summed E-state index contributed by atoms with van der Waals surface area (Å²) in [5.74, 6) is 13.7. The summed E-state index contributed by atoms with van der Waals surface area (Å²) in [6.45, 7) is 18.9. The Labute approximate surface area is 185 Å². The van der Waals surface area contributed by atoms with Gasteiger partial charge < -0.3 is 9.47 Å². The van der Waals surface area contributed by atoms with Crippen LogP contribution in [0.2, 0.25) is 0 Å². The Morgan fingerprint density at radius 3 is 1.30 bits per heavy atom. The zero-order chi connectivity index (χ0) is 21.9. The van der Waals surface area contributed by atoms with Crippen molar-refractivity contribution in [2.45, 2.75) is 102 Å². The summed E-state index contributed by atoms with van der Waals surface area (Å²) < 4.78 is 12.5. The van der Waals surface area contributed by atoms with Crippen molar-refractivity contribution in [3.05, 3.63) is 0 Å². The molecule has 2 unspecified atom stereocenters. The molecule has 4 heteroatoms. The Bertz CT molecular complexity index is 653. The summed E-state index contributed by atoms with van der Waals surface area (Å²) in [6, 6.07) is 0. The van der Waals surface area contributed by atoms with E-state index in [4.69, 9.17) is 9.47 Å². The largest absolute Gasteiger partial charge is 0.357 e. The monoisotopic (exact) mass is 414 g/mol. The van der Waals surface area contributed by atoms with Crippen LogP contribution >= 0.6 is 0 Å². The molecular formula is C26H42N2O2. The maximum Gasteiger partial charge on any atom is 0.126 e. The first kappa shape index (κ1) is 23.6. The second-order valence-corrected chi connectivity index (χ2v) is 11.0. The summed E-state index contributed by atoms with van der Waals surface area (Å²) in [7, 11) is 0. The summed E-state index contributed by atoms with van der Waals surface area (Å²) in [5, 5.41) is 0. The predicted octanol–water partition coefficient (Wildman–Crippen LogP) is 4.09. The molecule has 0 bridgehead atoms. The molecular weight excluding hydrogens is 372 g/mol. The number of rotatable bonds is 2. The van der Waals surface area contributed by atoms with Gasteiger partial charge in [-0.3, -0.25) is 9.80 Å². The summed E-state index contributed by atoms with van der Waals surface area (Å²) in [5.41, 5.74) is -0.677. The van der Waals surface area contributed by atoms with Crippen molar-refractivity contribution in [1.29, 1.82) is 0 Å². The lowest BCUT2D eigenvalue weighted by Gasteiger charge is -2.40. The third kappa shape index (κ3) is 7.00. The molecule has 0 aromatic rings. The molecule has 0 aliphatic carbocycles. The SMILES string of the molecule is CC1(C)CCCC(C)(C#CCN2CCN(CC#CC3(C)CCCC(C)(C)O3)CC2)O1. The van der Waals surface area contributed by atoms with Crippen molar-refractivity contribution in [3.8, 4) is 23.7 Å². The van der Waals surface area contributed by atoms with Gasteiger partial charge >= 0.3 is 0 Å². The maximum atomic E-state index is 6.26. The van der Waals surface area contributed by atoms with Crippen LogP contribution < -0.4 is 0 Å². The minimum atomic E-state index is -0.287. The standard InChI is InChI=1S/C26H42N2O2/c1-23(2)11-7-13-25(5,29-23)15-9-17-27-19-21-28(22-20-27)18-10-16-26(6)14-8-12-24(3,4)30-26/h7-8,11-14,17-22H2,1-6H3. The zero-order valence-electron chi connectivity index (χ0n) is 20.2. The van der Waals surface area contributed by atoms with Gasteiger partial charge in [-0.15, -0.1) is 0 Å². The normalized spacial score (nSPS) is 34.3. The molecule has 0 aromatic heterocycles. The number of piperazine rings is 1. The van der Waals surface area contributed by atoms with Crippen LogP contribution in [0.25, 0.3) is 0 Å². The molecule has 0 N–H and O–H groups in total. The Hall–Kier alpha value is -1.04. The van der Waals surface area contributed by atoms with Gasteiger partial charge in [0.15, 0.2) is 0 Å². The molecule has 0 aromatic carbocycles. The summed E-state index contributed by atoms with van der Waals surface area (Å²) >= 11 is 0. The number of nitrogens with zero attached hydrogens (tertiary/aromatic N) is 2. The quantitative estimate of drug-likeness (QED) is 0.636. The number of hydrogen-bond donors (Lipinski definition) is 0. The van der Waals surface area contributed by atoms with Crippen molar-refractivity contribution in [1.82, 2.24) is 9.80 Å². The van der Waals surface area contributed by atoms with Crippen molar-refractivity contribution in [2.24, 2.45) is 0 Å². The third-order valence-electron chi connectivity index (χ3n) is 6.64. The van der Waals surface area contributed by atoms with E-state index in [0.29, 0.717) is 0 Å². The summed E-state index contributed by atoms with van der Waals surface area (Å²) in [6.07, 6.45) is 6.71. The van der Waals surface area contributed by atoms with Gasteiger partial charge in [0.2, 0.25) is 0 Å². The highest BCUT2D eigenvalue weighted by Gasteiger charge is 2.36. The second-order valence-electron chi connectivity index (χ2n) is 11.0.